The minimum atomic E-state index is 0.365. The fourth-order valence-electron chi connectivity index (χ4n) is 2.50. The van der Waals surface area contributed by atoms with Gasteiger partial charge in [-0.15, -0.1) is 0 Å². The third kappa shape index (κ3) is 3.85. The van der Waals surface area contributed by atoms with Gasteiger partial charge in [-0.1, -0.05) is 13.8 Å². The van der Waals surface area contributed by atoms with E-state index in [0.29, 0.717) is 22.8 Å². The van der Waals surface area contributed by atoms with Gasteiger partial charge in [0.25, 0.3) is 0 Å². The highest BCUT2D eigenvalue weighted by atomic mass is 16.6. The number of anilines is 2. The Hall–Kier alpha value is -1.82. The summed E-state index contributed by atoms with van der Waals surface area (Å²) in [6.07, 6.45) is 2.28. The Kier molecular flexibility index (Phi) is 5.38. The van der Waals surface area contributed by atoms with Gasteiger partial charge in [-0.25, -0.2) is 4.63 Å². The summed E-state index contributed by atoms with van der Waals surface area (Å²) in [4.78, 5) is 2.44. The first-order chi connectivity index (χ1) is 10.2. The van der Waals surface area contributed by atoms with Gasteiger partial charge in [0.15, 0.2) is 11.0 Å². The number of hydrogen-bond acceptors (Lipinski definition) is 6. The molecule has 1 unspecified atom stereocenters. The Labute approximate surface area is 125 Å². The lowest BCUT2D eigenvalue weighted by molar-refractivity contribution is 0.295. The van der Waals surface area contributed by atoms with Crippen LogP contribution in [0.25, 0.3) is 11.0 Å². The summed E-state index contributed by atoms with van der Waals surface area (Å²) in [6.45, 7) is 9.95. The van der Waals surface area contributed by atoms with Crippen LogP contribution in [0.1, 0.15) is 33.6 Å². The average Bonchev–Trinajstić information content (AvgIpc) is 2.97. The summed E-state index contributed by atoms with van der Waals surface area (Å²) in [5.41, 5.74) is 8.68. The van der Waals surface area contributed by atoms with E-state index in [-0.39, 0.29) is 0 Å². The van der Waals surface area contributed by atoms with Crippen LogP contribution in [0.4, 0.5) is 11.4 Å². The number of aromatic nitrogens is 2. The lowest BCUT2D eigenvalue weighted by atomic mass is 10.1. The lowest BCUT2D eigenvalue weighted by Crippen LogP contribution is -2.25. The molecule has 1 heterocycles. The lowest BCUT2D eigenvalue weighted by Gasteiger charge is -2.20. The quantitative estimate of drug-likeness (QED) is 0.728. The van der Waals surface area contributed by atoms with Crippen LogP contribution < -0.4 is 11.1 Å². The van der Waals surface area contributed by atoms with Crippen LogP contribution in [0.2, 0.25) is 0 Å². The molecule has 6 nitrogen and oxygen atoms in total. The second-order valence-electron chi connectivity index (χ2n) is 5.38. The van der Waals surface area contributed by atoms with Crippen molar-refractivity contribution in [2.24, 2.45) is 0 Å². The fraction of sp³-hybridized carbons (Fsp3) is 0.600. The van der Waals surface area contributed by atoms with E-state index >= 15 is 0 Å². The van der Waals surface area contributed by atoms with Crippen molar-refractivity contribution in [3.8, 4) is 0 Å². The molecule has 0 saturated carbocycles. The zero-order chi connectivity index (χ0) is 15.2. The second kappa shape index (κ2) is 7.26. The zero-order valence-electron chi connectivity index (χ0n) is 13.1. The summed E-state index contributed by atoms with van der Waals surface area (Å²) >= 11 is 0. The standard InChI is InChI=1S/C15H25N5O/c1-4-20(5-2)10-6-7-11(3)17-13-9-8-12(16)14-15(13)19-21-18-14/h8-9,11,17H,4-7,10,16H2,1-3H3. The van der Waals surface area contributed by atoms with Crippen LogP contribution in [-0.2, 0) is 0 Å². The third-order valence-electron chi connectivity index (χ3n) is 3.85. The van der Waals surface area contributed by atoms with Crippen LogP contribution in [-0.4, -0.2) is 40.9 Å². The maximum atomic E-state index is 5.85. The molecular weight excluding hydrogens is 266 g/mol. The molecule has 21 heavy (non-hydrogen) atoms. The van der Waals surface area contributed by atoms with Crippen molar-refractivity contribution >= 4 is 22.4 Å². The van der Waals surface area contributed by atoms with Gasteiger partial charge in [0.05, 0.1) is 11.4 Å². The number of nitrogens with zero attached hydrogens (tertiary/aromatic N) is 3. The van der Waals surface area contributed by atoms with E-state index in [1.165, 1.54) is 6.42 Å². The molecule has 1 atom stereocenters. The Morgan fingerprint density at radius 3 is 2.67 bits per heavy atom. The van der Waals surface area contributed by atoms with E-state index in [1.807, 2.05) is 12.1 Å². The molecule has 0 radical (unpaired) electrons. The Morgan fingerprint density at radius 1 is 1.24 bits per heavy atom. The summed E-state index contributed by atoms with van der Waals surface area (Å²) < 4.78 is 4.78. The maximum absolute atomic E-state index is 5.85. The van der Waals surface area contributed by atoms with Gasteiger partial charge in [0.2, 0.25) is 0 Å². The molecule has 2 rings (SSSR count). The van der Waals surface area contributed by atoms with E-state index < -0.39 is 0 Å². The maximum Gasteiger partial charge on any atom is 0.160 e. The van der Waals surface area contributed by atoms with Gasteiger partial charge in [0.1, 0.15) is 0 Å². The number of fused-ring (bicyclic) bond motifs is 1. The highest BCUT2D eigenvalue weighted by molar-refractivity contribution is 5.94. The molecule has 0 amide bonds. The Balaban J connectivity index is 1.91. The van der Waals surface area contributed by atoms with Crippen molar-refractivity contribution in [1.82, 2.24) is 15.2 Å². The van der Waals surface area contributed by atoms with Gasteiger partial charge < -0.3 is 16.0 Å². The molecule has 0 fully saturated rings. The normalized spacial score (nSPS) is 13.0. The number of benzene rings is 1. The minimum absolute atomic E-state index is 0.365. The largest absolute Gasteiger partial charge is 0.397 e. The number of hydrogen-bond donors (Lipinski definition) is 2. The van der Waals surface area contributed by atoms with Crippen LogP contribution in [0.3, 0.4) is 0 Å². The molecule has 0 aliphatic carbocycles. The Morgan fingerprint density at radius 2 is 1.95 bits per heavy atom. The fourth-order valence-corrected chi connectivity index (χ4v) is 2.50. The first-order valence-corrected chi connectivity index (χ1v) is 7.65. The third-order valence-corrected chi connectivity index (χ3v) is 3.85. The molecule has 0 aliphatic rings. The van der Waals surface area contributed by atoms with Gasteiger partial charge in [-0.3, -0.25) is 0 Å². The molecule has 0 bridgehead atoms. The highest BCUT2D eigenvalue weighted by Crippen LogP contribution is 2.26. The number of nitrogen functional groups attached to an aromatic ring is 1. The molecule has 1 aromatic carbocycles. The molecule has 1 aromatic heterocycles. The average molecular weight is 291 g/mol. The van der Waals surface area contributed by atoms with Crippen molar-refractivity contribution in [3.05, 3.63) is 12.1 Å². The number of nitrogens with one attached hydrogen (secondary N) is 1. The van der Waals surface area contributed by atoms with Crippen molar-refractivity contribution in [2.45, 2.75) is 39.7 Å². The molecule has 3 N–H and O–H groups in total. The first kappa shape index (κ1) is 15.6. The van der Waals surface area contributed by atoms with Gasteiger partial charge in [-0.2, -0.15) is 0 Å². The van der Waals surface area contributed by atoms with Crippen molar-refractivity contribution in [3.63, 3.8) is 0 Å². The molecule has 2 aromatic rings. The number of rotatable bonds is 8. The second-order valence-corrected chi connectivity index (χ2v) is 5.38. The first-order valence-electron chi connectivity index (χ1n) is 7.65. The Bertz CT molecular complexity index is 564. The van der Waals surface area contributed by atoms with Gasteiger partial charge >= 0.3 is 0 Å². The highest BCUT2D eigenvalue weighted by Gasteiger charge is 2.12. The summed E-state index contributed by atoms with van der Waals surface area (Å²) in [6, 6.07) is 4.13. The smallest absolute Gasteiger partial charge is 0.160 e. The van der Waals surface area contributed by atoms with Crippen molar-refractivity contribution in [1.29, 1.82) is 0 Å². The van der Waals surface area contributed by atoms with Gasteiger partial charge in [-0.05, 0) is 61.8 Å². The van der Waals surface area contributed by atoms with Crippen molar-refractivity contribution in [2.75, 3.05) is 30.7 Å². The molecule has 116 valence electrons. The van der Waals surface area contributed by atoms with E-state index in [9.17, 15) is 0 Å². The predicted octanol–water partition coefficient (Wildman–Crippen LogP) is 2.73. The van der Waals surface area contributed by atoms with Crippen LogP contribution in [0, 0.1) is 0 Å². The topological polar surface area (TPSA) is 80.2 Å². The molecule has 6 heteroatoms. The van der Waals surface area contributed by atoms with E-state index in [4.69, 9.17) is 10.4 Å². The SMILES string of the molecule is CCN(CC)CCCC(C)Nc1ccc(N)c2nonc12. The molecular formula is C15H25N5O. The molecule has 0 aliphatic heterocycles. The summed E-state index contributed by atoms with van der Waals surface area (Å²) in [5.74, 6) is 0. The van der Waals surface area contributed by atoms with E-state index in [0.717, 1.165) is 31.7 Å². The zero-order valence-corrected chi connectivity index (χ0v) is 13.1. The van der Waals surface area contributed by atoms with Crippen LogP contribution >= 0.6 is 0 Å². The van der Waals surface area contributed by atoms with E-state index in [2.05, 4.69) is 41.3 Å². The number of nitrogens with two attached hydrogens (primary N) is 1. The summed E-state index contributed by atoms with van der Waals surface area (Å²) in [7, 11) is 0. The molecule has 0 spiro atoms. The summed E-state index contributed by atoms with van der Waals surface area (Å²) in [5, 5.41) is 11.2. The van der Waals surface area contributed by atoms with E-state index in [1.54, 1.807) is 0 Å². The monoisotopic (exact) mass is 291 g/mol. The minimum Gasteiger partial charge on any atom is -0.397 e. The molecule has 0 saturated heterocycles. The van der Waals surface area contributed by atoms with Crippen LogP contribution in [0.15, 0.2) is 16.8 Å². The predicted molar refractivity (Wildman–Crippen MR) is 86.3 cm³/mol. The van der Waals surface area contributed by atoms with Gasteiger partial charge in [0, 0.05) is 6.04 Å². The van der Waals surface area contributed by atoms with Crippen molar-refractivity contribution < 1.29 is 4.63 Å². The van der Waals surface area contributed by atoms with Crippen LogP contribution in [0.5, 0.6) is 0 Å².